The first-order valence-corrected chi connectivity index (χ1v) is 10.00. The van der Waals surface area contributed by atoms with Crippen molar-refractivity contribution < 1.29 is 14.3 Å². The van der Waals surface area contributed by atoms with E-state index in [1.54, 1.807) is 24.3 Å². The second-order valence-corrected chi connectivity index (χ2v) is 7.64. The maximum Gasteiger partial charge on any atom is 0.316 e. The summed E-state index contributed by atoms with van der Waals surface area (Å²) in [5.41, 5.74) is 2.52. The SMILES string of the molecule is COC(=O)CSC1=NC(=Cc2cccc(Cl)c2Cl)C(=O)N1c1ccc(C)cc1. The number of carbonyl (C=O) groups excluding carboxylic acids is 2. The number of halogens is 2. The van der Waals surface area contributed by atoms with Crippen LogP contribution in [0.2, 0.25) is 10.0 Å². The normalized spacial score (nSPS) is 15.1. The van der Waals surface area contributed by atoms with Gasteiger partial charge in [0.2, 0.25) is 0 Å². The lowest BCUT2D eigenvalue weighted by Crippen LogP contribution is -2.30. The number of amidine groups is 1. The molecule has 0 atom stereocenters. The van der Waals surface area contributed by atoms with Gasteiger partial charge in [0.15, 0.2) is 5.17 Å². The molecule has 8 heteroatoms. The van der Waals surface area contributed by atoms with E-state index in [0.717, 1.165) is 17.3 Å². The van der Waals surface area contributed by atoms with Crippen molar-refractivity contribution >= 4 is 63.8 Å². The van der Waals surface area contributed by atoms with Crippen LogP contribution in [0.1, 0.15) is 11.1 Å². The molecule has 0 unspecified atom stereocenters. The zero-order chi connectivity index (χ0) is 20.3. The van der Waals surface area contributed by atoms with Crippen molar-refractivity contribution in [2.45, 2.75) is 6.92 Å². The molecule has 28 heavy (non-hydrogen) atoms. The molecule has 2 aromatic rings. The average molecular weight is 435 g/mol. The minimum absolute atomic E-state index is 0.0379. The van der Waals surface area contributed by atoms with E-state index in [4.69, 9.17) is 23.2 Å². The van der Waals surface area contributed by atoms with Gasteiger partial charge in [-0.2, -0.15) is 0 Å². The van der Waals surface area contributed by atoms with E-state index in [1.165, 1.54) is 12.0 Å². The quantitative estimate of drug-likeness (QED) is 0.504. The van der Waals surface area contributed by atoms with Gasteiger partial charge < -0.3 is 4.74 Å². The Kier molecular flexibility index (Phi) is 6.44. The molecule has 5 nitrogen and oxygen atoms in total. The zero-order valence-electron chi connectivity index (χ0n) is 15.1. The predicted octanol–water partition coefficient (Wildman–Crippen LogP) is 4.95. The van der Waals surface area contributed by atoms with Crippen molar-refractivity contribution in [1.82, 2.24) is 0 Å². The van der Waals surface area contributed by atoms with Gasteiger partial charge >= 0.3 is 5.97 Å². The van der Waals surface area contributed by atoms with E-state index < -0.39 is 5.97 Å². The van der Waals surface area contributed by atoms with Crippen LogP contribution in [0, 0.1) is 6.92 Å². The van der Waals surface area contributed by atoms with Crippen LogP contribution in [-0.4, -0.2) is 29.9 Å². The van der Waals surface area contributed by atoms with Gasteiger partial charge in [-0.25, -0.2) is 4.99 Å². The standard InChI is InChI=1S/C20H16Cl2N2O3S/c1-12-6-8-14(9-7-12)24-19(26)16(23-20(24)28-11-17(25)27-2)10-13-4-3-5-15(21)18(13)22/h3-10H,11H2,1-2H3. The molecular formula is C20H16Cl2N2O3S. The lowest BCUT2D eigenvalue weighted by molar-refractivity contribution is -0.137. The summed E-state index contributed by atoms with van der Waals surface area (Å²) in [5, 5.41) is 1.13. The molecule has 0 N–H and O–H groups in total. The predicted molar refractivity (Wildman–Crippen MR) is 115 cm³/mol. The van der Waals surface area contributed by atoms with Crippen LogP contribution in [0.5, 0.6) is 0 Å². The number of aryl methyl sites for hydroxylation is 1. The van der Waals surface area contributed by atoms with Crippen LogP contribution in [0.4, 0.5) is 5.69 Å². The first-order valence-electron chi connectivity index (χ1n) is 8.26. The molecule has 2 aromatic carbocycles. The van der Waals surface area contributed by atoms with Crippen molar-refractivity contribution in [2.24, 2.45) is 4.99 Å². The fraction of sp³-hybridized carbons (Fsp3) is 0.150. The Hall–Kier alpha value is -2.28. The molecule has 0 fully saturated rings. The number of methoxy groups -OCH3 is 1. The van der Waals surface area contributed by atoms with Gasteiger partial charge in [-0.05, 0) is 36.8 Å². The second-order valence-electron chi connectivity index (χ2n) is 5.91. The Labute approximate surface area is 177 Å². The summed E-state index contributed by atoms with van der Waals surface area (Å²) < 4.78 is 4.68. The molecule has 0 radical (unpaired) electrons. The monoisotopic (exact) mass is 434 g/mol. The largest absolute Gasteiger partial charge is 0.468 e. The molecule has 144 valence electrons. The molecule has 0 bridgehead atoms. The third-order valence-electron chi connectivity index (χ3n) is 3.94. The summed E-state index contributed by atoms with van der Waals surface area (Å²) in [6.07, 6.45) is 1.59. The van der Waals surface area contributed by atoms with E-state index in [2.05, 4.69) is 9.73 Å². The van der Waals surface area contributed by atoms with Gasteiger partial charge in [-0.15, -0.1) is 0 Å². The van der Waals surface area contributed by atoms with Gasteiger partial charge in [-0.3, -0.25) is 14.5 Å². The van der Waals surface area contributed by atoms with Gasteiger partial charge in [0, 0.05) is 0 Å². The highest BCUT2D eigenvalue weighted by Crippen LogP contribution is 2.32. The van der Waals surface area contributed by atoms with Crippen LogP contribution in [-0.2, 0) is 14.3 Å². The fourth-order valence-electron chi connectivity index (χ4n) is 2.48. The van der Waals surface area contributed by atoms with E-state index >= 15 is 0 Å². The summed E-state index contributed by atoms with van der Waals surface area (Å²) in [6, 6.07) is 12.6. The number of nitrogens with zero attached hydrogens (tertiary/aromatic N) is 2. The Morgan fingerprint density at radius 3 is 2.61 bits per heavy atom. The molecule has 0 aromatic heterocycles. The Morgan fingerprint density at radius 2 is 1.93 bits per heavy atom. The number of benzene rings is 2. The number of thioether (sulfide) groups is 1. The Balaban J connectivity index is 1.99. The first-order chi connectivity index (χ1) is 13.4. The highest BCUT2D eigenvalue weighted by Gasteiger charge is 2.32. The highest BCUT2D eigenvalue weighted by molar-refractivity contribution is 8.14. The number of amides is 1. The molecule has 0 aliphatic carbocycles. The molecule has 1 aliphatic rings. The van der Waals surface area contributed by atoms with E-state index in [9.17, 15) is 9.59 Å². The molecule has 1 heterocycles. The van der Waals surface area contributed by atoms with Crippen molar-refractivity contribution in [3.8, 4) is 0 Å². The molecule has 0 saturated carbocycles. The summed E-state index contributed by atoms with van der Waals surface area (Å²) in [4.78, 5) is 30.5. The maximum atomic E-state index is 13.1. The first kappa shape index (κ1) is 20.5. The number of anilines is 1. The number of hydrogen-bond donors (Lipinski definition) is 0. The molecular weight excluding hydrogens is 419 g/mol. The van der Waals surface area contributed by atoms with E-state index in [0.29, 0.717) is 26.5 Å². The lowest BCUT2D eigenvalue weighted by Gasteiger charge is -2.17. The lowest BCUT2D eigenvalue weighted by atomic mass is 10.2. The Morgan fingerprint density at radius 1 is 1.21 bits per heavy atom. The van der Waals surface area contributed by atoms with Crippen LogP contribution >= 0.6 is 35.0 Å². The minimum atomic E-state index is -0.403. The number of ether oxygens (including phenoxy) is 1. The van der Waals surface area contributed by atoms with Gasteiger partial charge in [0.25, 0.3) is 5.91 Å². The van der Waals surface area contributed by atoms with Crippen molar-refractivity contribution in [1.29, 1.82) is 0 Å². The zero-order valence-corrected chi connectivity index (χ0v) is 17.4. The van der Waals surface area contributed by atoms with Crippen molar-refractivity contribution in [2.75, 3.05) is 17.8 Å². The molecule has 3 rings (SSSR count). The smallest absolute Gasteiger partial charge is 0.316 e. The van der Waals surface area contributed by atoms with Crippen molar-refractivity contribution in [3.63, 3.8) is 0 Å². The second kappa shape index (κ2) is 8.82. The topological polar surface area (TPSA) is 59.0 Å². The van der Waals surface area contributed by atoms with Crippen molar-refractivity contribution in [3.05, 3.63) is 69.3 Å². The maximum absolute atomic E-state index is 13.1. The summed E-state index contributed by atoms with van der Waals surface area (Å²) >= 11 is 13.4. The summed E-state index contributed by atoms with van der Waals surface area (Å²) in [7, 11) is 1.31. The highest BCUT2D eigenvalue weighted by atomic mass is 35.5. The Bertz CT molecular complexity index is 987. The molecule has 1 aliphatic heterocycles. The van der Waals surface area contributed by atoms with Crippen LogP contribution in [0.3, 0.4) is 0 Å². The van der Waals surface area contributed by atoms with Gasteiger partial charge in [0.1, 0.15) is 5.70 Å². The number of rotatable bonds is 4. The molecule has 0 spiro atoms. The van der Waals surface area contributed by atoms with Crippen LogP contribution in [0.15, 0.2) is 53.2 Å². The number of esters is 1. The third-order valence-corrected chi connectivity index (χ3v) is 5.69. The number of hydrogen-bond acceptors (Lipinski definition) is 5. The van der Waals surface area contributed by atoms with Gasteiger partial charge in [0.05, 0.1) is 28.6 Å². The van der Waals surface area contributed by atoms with Crippen LogP contribution in [0.25, 0.3) is 6.08 Å². The fourth-order valence-corrected chi connectivity index (χ4v) is 3.68. The molecule has 1 amide bonds. The van der Waals surface area contributed by atoms with E-state index in [-0.39, 0.29) is 17.4 Å². The minimum Gasteiger partial charge on any atom is -0.468 e. The third kappa shape index (κ3) is 4.41. The molecule has 0 saturated heterocycles. The number of aliphatic imine (C=N–C) groups is 1. The summed E-state index contributed by atoms with van der Waals surface area (Å²) in [5.74, 6) is -0.678. The average Bonchev–Trinajstić information content (AvgIpc) is 2.99. The van der Waals surface area contributed by atoms with Gasteiger partial charge in [-0.1, -0.05) is 64.8 Å². The number of carbonyl (C=O) groups is 2. The van der Waals surface area contributed by atoms with Crippen LogP contribution < -0.4 is 4.90 Å². The summed E-state index contributed by atoms with van der Waals surface area (Å²) in [6.45, 7) is 1.96. The van der Waals surface area contributed by atoms with E-state index in [1.807, 2.05) is 31.2 Å².